The van der Waals surface area contributed by atoms with Gasteiger partial charge in [0, 0.05) is 14.7 Å². The molecule has 0 aliphatic heterocycles. The number of ether oxygens (including phenoxy) is 4. The standard InChI is InChI=1S/C38H44O9S2/c1-27-12-18-33(19-13-27)49(41,42)47-48(34-11-9-10-28(2)24-34,31-20-14-29(15-21-31)43-25-35(39)45-37(3,4)5)32-22-16-30(17-23-32)44-26-36(40)46-38(6,7)8/h9-24H,25-26H2,1-8H3. The van der Waals surface area contributed by atoms with Crippen LogP contribution in [0.5, 0.6) is 11.5 Å². The highest BCUT2D eigenvalue weighted by Gasteiger charge is 2.38. The molecule has 0 saturated carbocycles. The van der Waals surface area contributed by atoms with Crippen molar-refractivity contribution in [1.82, 2.24) is 0 Å². The fourth-order valence-electron chi connectivity index (χ4n) is 4.68. The van der Waals surface area contributed by atoms with Crippen LogP contribution in [0.2, 0.25) is 0 Å². The average Bonchev–Trinajstić information content (AvgIpc) is 3.01. The summed E-state index contributed by atoms with van der Waals surface area (Å²) in [5.41, 5.74) is 0.496. The van der Waals surface area contributed by atoms with E-state index in [1.165, 1.54) is 12.1 Å². The molecular formula is C38H44O9S2. The van der Waals surface area contributed by atoms with E-state index in [0.29, 0.717) is 26.2 Å². The molecule has 0 unspecified atom stereocenters. The van der Waals surface area contributed by atoms with E-state index in [-0.39, 0.29) is 18.1 Å². The van der Waals surface area contributed by atoms with E-state index in [9.17, 15) is 18.0 Å². The molecule has 0 radical (unpaired) electrons. The van der Waals surface area contributed by atoms with Gasteiger partial charge in [-0.3, -0.25) is 0 Å². The summed E-state index contributed by atoms with van der Waals surface area (Å²) in [5, 5.41) is 0. The first-order valence-electron chi connectivity index (χ1n) is 15.7. The molecule has 49 heavy (non-hydrogen) atoms. The fourth-order valence-corrected chi connectivity index (χ4v) is 9.96. The molecule has 0 bridgehead atoms. The summed E-state index contributed by atoms with van der Waals surface area (Å²) >= 11 is 0. The zero-order chi connectivity index (χ0) is 36.0. The summed E-state index contributed by atoms with van der Waals surface area (Å²) in [7, 11) is -7.34. The maximum atomic E-state index is 14.1. The highest BCUT2D eigenvalue weighted by molar-refractivity contribution is 8.33. The summed E-state index contributed by atoms with van der Waals surface area (Å²) in [5.74, 6) is -0.255. The molecule has 0 aliphatic carbocycles. The molecule has 0 amide bonds. The van der Waals surface area contributed by atoms with E-state index in [1.807, 2.05) is 38.1 Å². The van der Waals surface area contributed by atoms with Crippen LogP contribution in [-0.4, -0.2) is 44.8 Å². The van der Waals surface area contributed by atoms with Crippen molar-refractivity contribution in [2.24, 2.45) is 0 Å². The smallest absolute Gasteiger partial charge is 0.344 e. The molecule has 4 aromatic carbocycles. The molecule has 11 heteroatoms. The zero-order valence-electron chi connectivity index (χ0n) is 29.1. The fraction of sp³-hybridized carbons (Fsp3) is 0.316. The SMILES string of the molecule is Cc1ccc(S(=O)(=O)OS(c2ccc(OCC(=O)OC(C)(C)C)cc2)(c2ccc(OCC(=O)OC(C)(C)C)cc2)c2cccc(C)c2)cc1. The van der Waals surface area contributed by atoms with Crippen LogP contribution in [0.15, 0.2) is 117 Å². The van der Waals surface area contributed by atoms with Crippen molar-refractivity contribution >= 4 is 32.4 Å². The Labute approximate surface area is 291 Å². The Morgan fingerprint density at radius 1 is 0.551 bits per heavy atom. The van der Waals surface area contributed by atoms with Gasteiger partial charge in [-0.05, 0) is 144 Å². The van der Waals surface area contributed by atoms with Gasteiger partial charge in [0.2, 0.25) is 0 Å². The van der Waals surface area contributed by atoms with Crippen LogP contribution in [0, 0.1) is 13.8 Å². The summed E-state index contributed by atoms with van der Waals surface area (Å²) in [6, 6.07) is 27.6. The van der Waals surface area contributed by atoms with Crippen LogP contribution in [-0.2, 0) is 32.8 Å². The van der Waals surface area contributed by atoms with Crippen molar-refractivity contribution in [2.75, 3.05) is 13.2 Å². The van der Waals surface area contributed by atoms with Gasteiger partial charge in [0.15, 0.2) is 13.2 Å². The average molecular weight is 709 g/mol. The van der Waals surface area contributed by atoms with E-state index >= 15 is 0 Å². The van der Waals surface area contributed by atoms with Gasteiger partial charge in [-0.1, -0.05) is 29.8 Å². The molecule has 0 fully saturated rings. The van der Waals surface area contributed by atoms with Crippen LogP contribution in [0.1, 0.15) is 52.7 Å². The van der Waals surface area contributed by atoms with Gasteiger partial charge in [0.1, 0.15) is 22.7 Å². The number of esters is 2. The molecule has 0 aliphatic rings. The van der Waals surface area contributed by atoms with Crippen LogP contribution < -0.4 is 9.47 Å². The third-order valence-corrected chi connectivity index (χ3v) is 11.9. The highest BCUT2D eigenvalue weighted by atomic mass is 32.3. The molecule has 0 N–H and O–H groups in total. The molecular weight excluding hydrogens is 665 g/mol. The molecule has 262 valence electrons. The van der Waals surface area contributed by atoms with Gasteiger partial charge in [-0.15, -0.1) is 0 Å². The first-order valence-corrected chi connectivity index (χ1v) is 18.7. The van der Waals surface area contributed by atoms with Crippen molar-refractivity contribution < 1.29 is 40.6 Å². The first-order chi connectivity index (χ1) is 22.9. The molecule has 4 aromatic rings. The largest absolute Gasteiger partial charge is 0.482 e. The van der Waals surface area contributed by atoms with Crippen molar-refractivity contribution in [1.29, 1.82) is 0 Å². The number of carbonyl (C=O) groups excluding carboxylic acids is 2. The Kier molecular flexibility index (Phi) is 11.5. The number of rotatable bonds is 12. The molecule has 9 nitrogen and oxygen atoms in total. The van der Waals surface area contributed by atoms with Crippen LogP contribution in [0.3, 0.4) is 0 Å². The van der Waals surface area contributed by atoms with Crippen LogP contribution in [0.4, 0.5) is 0 Å². The van der Waals surface area contributed by atoms with E-state index in [1.54, 1.807) is 102 Å². The second kappa shape index (κ2) is 15.1. The lowest BCUT2D eigenvalue weighted by atomic mass is 10.2. The quantitative estimate of drug-likeness (QED) is 0.134. The predicted octanol–water partition coefficient (Wildman–Crippen LogP) is 8.35. The van der Waals surface area contributed by atoms with Crippen molar-refractivity contribution in [2.45, 2.75) is 86.2 Å². The zero-order valence-corrected chi connectivity index (χ0v) is 30.8. The Morgan fingerprint density at radius 3 is 1.39 bits per heavy atom. The van der Waals surface area contributed by atoms with Gasteiger partial charge in [0.25, 0.3) is 0 Å². The minimum Gasteiger partial charge on any atom is -0.482 e. The van der Waals surface area contributed by atoms with Crippen molar-refractivity contribution in [3.05, 3.63) is 108 Å². The Balaban J connectivity index is 1.80. The number of aryl methyl sites for hydroxylation is 2. The molecule has 0 aromatic heterocycles. The van der Waals surface area contributed by atoms with E-state index in [0.717, 1.165) is 11.1 Å². The molecule has 0 spiro atoms. The monoisotopic (exact) mass is 708 g/mol. The molecule has 0 saturated heterocycles. The van der Waals surface area contributed by atoms with Crippen molar-refractivity contribution in [3.63, 3.8) is 0 Å². The lowest BCUT2D eigenvalue weighted by molar-refractivity contribution is -0.158. The minimum atomic E-state index is -4.34. The van der Waals surface area contributed by atoms with Gasteiger partial charge >= 0.3 is 22.1 Å². The van der Waals surface area contributed by atoms with Crippen molar-refractivity contribution in [3.8, 4) is 11.5 Å². The first kappa shape index (κ1) is 37.5. The van der Waals surface area contributed by atoms with Gasteiger partial charge in [-0.25, -0.2) is 13.2 Å². The maximum absolute atomic E-state index is 14.1. The summed E-state index contributed by atoms with van der Waals surface area (Å²) in [4.78, 5) is 26.3. The van der Waals surface area contributed by atoms with E-state index in [4.69, 9.17) is 22.6 Å². The van der Waals surface area contributed by atoms with Crippen LogP contribution >= 0.6 is 10.3 Å². The Hall–Kier alpha value is -4.32. The molecule has 4 rings (SSSR count). The van der Waals surface area contributed by atoms with Gasteiger partial charge in [-0.2, -0.15) is 8.42 Å². The number of hydrogen-bond donors (Lipinski definition) is 0. The van der Waals surface area contributed by atoms with E-state index < -0.39 is 43.6 Å². The third kappa shape index (κ3) is 10.3. The van der Waals surface area contributed by atoms with Gasteiger partial charge in [0.05, 0.1) is 4.90 Å². The van der Waals surface area contributed by atoms with E-state index in [2.05, 4.69) is 0 Å². The van der Waals surface area contributed by atoms with Gasteiger partial charge < -0.3 is 18.9 Å². The lowest BCUT2D eigenvalue weighted by Gasteiger charge is -2.39. The topological polar surface area (TPSA) is 114 Å². The Bertz CT molecular complexity index is 1780. The maximum Gasteiger partial charge on any atom is 0.344 e. The summed E-state index contributed by atoms with van der Waals surface area (Å²) < 4.78 is 56.8. The lowest BCUT2D eigenvalue weighted by Crippen LogP contribution is -2.27. The Morgan fingerprint density at radius 2 is 0.980 bits per heavy atom. The summed E-state index contributed by atoms with van der Waals surface area (Å²) in [6.07, 6.45) is 0. The number of carbonyl (C=O) groups is 2. The predicted molar refractivity (Wildman–Crippen MR) is 189 cm³/mol. The molecule has 0 heterocycles. The second-order valence-electron chi connectivity index (χ2n) is 13.4. The number of benzene rings is 4. The normalized spacial score (nSPS) is 12.6. The third-order valence-electron chi connectivity index (χ3n) is 6.69. The second-order valence-corrected chi connectivity index (χ2v) is 17.9. The molecule has 0 atom stereocenters. The van der Waals surface area contributed by atoms with Crippen LogP contribution in [0.25, 0.3) is 0 Å². The number of hydrogen-bond acceptors (Lipinski definition) is 9. The summed E-state index contributed by atoms with van der Waals surface area (Å²) in [6.45, 7) is 13.9. The minimum absolute atomic E-state index is 0.0113. The highest BCUT2D eigenvalue weighted by Crippen LogP contribution is 2.70.